The van der Waals surface area contributed by atoms with Gasteiger partial charge in [0.2, 0.25) is 5.91 Å². The Kier molecular flexibility index (Phi) is 4.86. The van der Waals surface area contributed by atoms with E-state index in [2.05, 4.69) is 12.1 Å². The normalized spacial score (nSPS) is 18.1. The van der Waals surface area contributed by atoms with E-state index in [9.17, 15) is 14.7 Å². The van der Waals surface area contributed by atoms with Crippen molar-refractivity contribution in [3.63, 3.8) is 0 Å². The number of rotatable bonds is 4. The molecule has 0 radical (unpaired) electrons. The maximum absolute atomic E-state index is 12.4. The lowest BCUT2D eigenvalue weighted by Crippen LogP contribution is -2.48. The van der Waals surface area contributed by atoms with E-state index in [4.69, 9.17) is 0 Å². The highest BCUT2D eigenvalue weighted by atomic mass is 32.2. The number of nitrogens with zero attached hydrogens (tertiary/aromatic N) is 1. The van der Waals surface area contributed by atoms with Gasteiger partial charge in [-0.2, -0.15) is 0 Å². The maximum atomic E-state index is 12.4. The number of hydrogen-bond donors (Lipinski definition) is 1. The van der Waals surface area contributed by atoms with Crippen molar-refractivity contribution in [2.75, 3.05) is 12.3 Å². The number of aliphatic carboxylic acids is 1. The summed E-state index contributed by atoms with van der Waals surface area (Å²) in [5.41, 5.74) is 0. The van der Waals surface area contributed by atoms with E-state index in [0.29, 0.717) is 13.0 Å². The van der Waals surface area contributed by atoms with E-state index in [1.807, 2.05) is 30.3 Å². The second-order valence-corrected chi connectivity index (χ2v) is 6.78. The number of piperidine rings is 1. The van der Waals surface area contributed by atoms with Gasteiger partial charge < -0.3 is 10.0 Å². The van der Waals surface area contributed by atoms with Gasteiger partial charge in [-0.1, -0.05) is 30.3 Å². The smallest absolute Gasteiger partial charge is 0.326 e. The van der Waals surface area contributed by atoms with E-state index in [1.54, 1.807) is 0 Å². The Morgan fingerprint density at radius 2 is 1.91 bits per heavy atom. The van der Waals surface area contributed by atoms with Crippen LogP contribution in [0, 0.1) is 0 Å². The van der Waals surface area contributed by atoms with Gasteiger partial charge in [-0.3, -0.25) is 4.79 Å². The van der Waals surface area contributed by atoms with Gasteiger partial charge in [-0.25, -0.2) is 4.79 Å². The molecule has 1 heterocycles. The lowest BCUT2D eigenvalue weighted by atomic mass is 10.0. The van der Waals surface area contributed by atoms with Crippen LogP contribution in [0.25, 0.3) is 10.8 Å². The molecule has 1 aliphatic rings. The molecule has 1 N–H and O–H groups in total. The van der Waals surface area contributed by atoms with Crippen LogP contribution < -0.4 is 0 Å². The first-order chi connectivity index (χ1) is 11.1. The Bertz CT molecular complexity index is 731. The van der Waals surface area contributed by atoms with Crippen molar-refractivity contribution >= 4 is 34.4 Å². The molecule has 5 heteroatoms. The number of carboxylic acid groups (broad SMARTS) is 1. The van der Waals surface area contributed by atoms with Crippen LogP contribution in [0.15, 0.2) is 47.4 Å². The van der Waals surface area contributed by atoms with Gasteiger partial charge in [0, 0.05) is 11.4 Å². The second-order valence-electron chi connectivity index (χ2n) is 5.73. The molecule has 0 aromatic heterocycles. The second kappa shape index (κ2) is 7.04. The van der Waals surface area contributed by atoms with E-state index in [-0.39, 0.29) is 11.7 Å². The number of fused-ring (bicyclic) bond motifs is 1. The largest absolute Gasteiger partial charge is 0.480 e. The summed E-state index contributed by atoms with van der Waals surface area (Å²) in [7, 11) is 0. The van der Waals surface area contributed by atoms with Crippen molar-refractivity contribution in [3.8, 4) is 0 Å². The number of hydrogen-bond acceptors (Lipinski definition) is 3. The van der Waals surface area contributed by atoms with E-state index >= 15 is 0 Å². The Hall–Kier alpha value is -2.01. The molecule has 1 unspecified atom stereocenters. The molecule has 0 saturated carbocycles. The Labute approximate surface area is 139 Å². The number of carboxylic acids is 1. The number of benzene rings is 2. The molecule has 4 nitrogen and oxygen atoms in total. The average Bonchev–Trinajstić information content (AvgIpc) is 2.59. The van der Waals surface area contributed by atoms with Crippen LogP contribution >= 0.6 is 11.8 Å². The van der Waals surface area contributed by atoms with Gasteiger partial charge in [0.15, 0.2) is 0 Å². The van der Waals surface area contributed by atoms with Crippen LogP contribution in [0.3, 0.4) is 0 Å². The summed E-state index contributed by atoms with van der Waals surface area (Å²) in [5.74, 6) is -0.703. The summed E-state index contributed by atoms with van der Waals surface area (Å²) < 4.78 is 0. The van der Waals surface area contributed by atoms with Crippen LogP contribution in [-0.4, -0.2) is 40.2 Å². The van der Waals surface area contributed by atoms with E-state index < -0.39 is 12.0 Å². The van der Waals surface area contributed by atoms with E-state index in [1.165, 1.54) is 22.0 Å². The van der Waals surface area contributed by atoms with Crippen LogP contribution in [0.1, 0.15) is 19.3 Å². The first kappa shape index (κ1) is 15.9. The molecule has 0 aliphatic carbocycles. The van der Waals surface area contributed by atoms with Gasteiger partial charge in [0.25, 0.3) is 0 Å². The van der Waals surface area contributed by atoms with Gasteiger partial charge in [0.1, 0.15) is 6.04 Å². The predicted octanol–water partition coefficient (Wildman–Crippen LogP) is 3.40. The molecule has 1 atom stereocenters. The summed E-state index contributed by atoms with van der Waals surface area (Å²) in [6, 6.07) is 13.6. The van der Waals surface area contributed by atoms with Gasteiger partial charge in [-0.05, 0) is 42.2 Å². The summed E-state index contributed by atoms with van der Waals surface area (Å²) in [5, 5.41) is 11.6. The highest BCUT2D eigenvalue weighted by Crippen LogP contribution is 2.25. The number of likely N-dealkylation sites (tertiary alicyclic amines) is 1. The predicted molar refractivity (Wildman–Crippen MR) is 91.7 cm³/mol. The number of thioether (sulfide) groups is 1. The van der Waals surface area contributed by atoms with Crippen molar-refractivity contribution in [2.45, 2.75) is 30.2 Å². The molecule has 1 saturated heterocycles. The Morgan fingerprint density at radius 3 is 2.70 bits per heavy atom. The van der Waals surface area contributed by atoms with Crippen molar-refractivity contribution in [1.29, 1.82) is 0 Å². The molecule has 3 rings (SSSR count). The highest BCUT2D eigenvalue weighted by molar-refractivity contribution is 8.00. The minimum Gasteiger partial charge on any atom is -0.480 e. The zero-order valence-corrected chi connectivity index (χ0v) is 13.6. The third-order valence-electron chi connectivity index (χ3n) is 4.19. The summed E-state index contributed by atoms with van der Waals surface area (Å²) in [4.78, 5) is 26.2. The maximum Gasteiger partial charge on any atom is 0.326 e. The molecule has 2 aromatic rings. The van der Waals surface area contributed by atoms with Gasteiger partial charge in [0.05, 0.1) is 5.75 Å². The van der Waals surface area contributed by atoms with E-state index in [0.717, 1.165) is 23.1 Å². The lowest BCUT2D eigenvalue weighted by Gasteiger charge is -2.32. The van der Waals surface area contributed by atoms with Crippen molar-refractivity contribution < 1.29 is 14.7 Å². The fraction of sp³-hybridized carbons (Fsp3) is 0.333. The Morgan fingerprint density at radius 1 is 1.13 bits per heavy atom. The zero-order valence-electron chi connectivity index (χ0n) is 12.8. The molecule has 0 bridgehead atoms. The molecular formula is C18H19NO3S. The molecule has 0 spiro atoms. The minimum atomic E-state index is -0.895. The van der Waals surface area contributed by atoms with Gasteiger partial charge >= 0.3 is 5.97 Å². The molecule has 120 valence electrons. The molecule has 1 fully saturated rings. The van der Waals surface area contributed by atoms with Crippen molar-refractivity contribution in [2.24, 2.45) is 0 Å². The number of amides is 1. The fourth-order valence-electron chi connectivity index (χ4n) is 2.97. The molecule has 1 amide bonds. The van der Waals surface area contributed by atoms with Crippen LogP contribution in [0.4, 0.5) is 0 Å². The van der Waals surface area contributed by atoms with Crippen molar-refractivity contribution in [1.82, 2.24) is 4.90 Å². The van der Waals surface area contributed by atoms with Crippen LogP contribution in [0.2, 0.25) is 0 Å². The SMILES string of the molecule is O=C(O)C1CCCCN1C(=O)CSc1ccc2ccccc2c1. The average molecular weight is 329 g/mol. The summed E-state index contributed by atoms with van der Waals surface area (Å²) >= 11 is 1.47. The molecular weight excluding hydrogens is 310 g/mol. The third-order valence-corrected chi connectivity index (χ3v) is 5.17. The summed E-state index contributed by atoms with van der Waals surface area (Å²) in [6.07, 6.45) is 2.32. The minimum absolute atomic E-state index is 0.0877. The quantitative estimate of drug-likeness (QED) is 0.874. The molecule has 2 aromatic carbocycles. The van der Waals surface area contributed by atoms with Crippen molar-refractivity contribution in [3.05, 3.63) is 42.5 Å². The third kappa shape index (κ3) is 3.67. The highest BCUT2D eigenvalue weighted by Gasteiger charge is 2.31. The van der Waals surface area contributed by atoms with Crippen LogP contribution in [-0.2, 0) is 9.59 Å². The van der Waals surface area contributed by atoms with Gasteiger partial charge in [-0.15, -0.1) is 11.8 Å². The first-order valence-electron chi connectivity index (χ1n) is 7.79. The van der Waals surface area contributed by atoms with Crippen LogP contribution in [0.5, 0.6) is 0 Å². The first-order valence-corrected chi connectivity index (χ1v) is 8.77. The monoisotopic (exact) mass is 329 g/mol. The number of carbonyl (C=O) groups is 2. The zero-order chi connectivity index (χ0) is 16.2. The number of carbonyl (C=O) groups excluding carboxylic acids is 1. The fourth-order valence-corrected chi connectivity index (χ4v) is 3.80. The Balaban J connectivity index is 1.66. The molecule has 1 aliphatic heterocycles. The topological polar surface area (TPSA) is 57.6 Å². The lowest BCUT2D eigenvalue weighted by molar-refractivity contribution is -0.150. The molecule has 23 heavy (non-hydrogen) atoms. The summed E-state index contributed by atoms with van der Waals surface area (Å²) in [6.45, 7) is 0.550. The standard InChI is InChI=1S/C18H19NO3S/c20-17(19-10-4-3-7-16(19)18(21)22)12-23-15-9-8-13-5-1-2-6-14(13)11-15/h1-2,5-6,8-9,11,16H,3-4,7,10,12H2,(H,21,22).